The van der Waals surface area contributed by atoms with Crippen LogP contribution in [0.1, 0.15) is 10.4 Å². The Morgan fingerprint density at radius 3 is 2.40 bits per heavy atom. The van der Waals surface area contributed by atoms with E-state index in [0.717, 1.165) is 0 Å². The number of aliphatic hydroxyl groups excluding tert-OH is 4. The van der Waals surface area contributed by atoms with E-state index >= 15 is 0 Å². The summed E-state index contributed by atoms with van der Waals surface area (Å²) in [6, 6.07) is 8.03. The molecule has 7 heteroatoms. The third-order valence-corrected chi connectivity index (χ3v) is 3.09. The van der Waals surface area contributed by atoms with Crippen molar-refractivity contribution in [2.24, 2.45) is 0 Å². The Morgan fingerprint density at radius 2 is 1.80 bits per heavy atom. The maximum Gasteiger partial charge on any atom is 0.338 e. The second kappa shape index (κ2) is 6.29. The Morgan fingerprint density at radius 1 is 1.15 bits per heavy atom. The van der Waals surface area contributed by atoms with Crippen LogP contribution < -0.4 is 0 Å². The molecule has 1 aromatic rings. The first-order valence-corrected chi connectivity index (χ1v) is 6.11. The van der Waals surface area contributed by atoms with Gasteiger partial charge >= 0.3 is 5.97 Å². The minimum absolute atomic E-state index is 0.244. The van der Waals surface area contributed by atoms with E-state index in [1.54, 1.807) is 18.2 Å². The largest absolute Gasteiger partial charge is 0.453 e. The maximum atomic E-state index is 11.9. The van der Waals surface area contributed by atoms with Crippen LogP contribution in [0.2, 0.25) is 0 Å². The Hall–Kier alpha value is -1.51. The third-order valence-electron chi connectivity index (χ3n) is 3.09. The zero-order valence-corrected chi connectivity index (χ0v) is 10.5. The summed E-state index contributed by atoms with van der Waals surface area (Å²) in [5.41, 5.74) is 0.244. The summed E-state index contributed by atoms with van der Waals surface area (Å²) in [6.07, 6.45) is -7.21. The molecule has 0 radical (unpaired) electrons. The fraction of sp³-hybridized carbons (Fsp3) is 0.462. The summed E-state index contributed by atoms with van der Waals surface area (Å²) in [5.74, 6) is -0.750. The van der Waals surface area contributed by atoms with E-state index in [-0.39, 0.29) is 5.56 Å². The van der Waals surface area contributed by atoms with Crippen LogP contribution in [0.3, 0.4) is 0 Å². The van der Waals surface area contributed by atoms with E-state index in [1.807, 2.05) is 0 Å². The number of carbonyl (C=O) groups excluding carboxylic acids is 1. The molecule has 7 nitrogen and oxygen atoms in total. The summed E-state index contributed by atoms with van der Waals surface area (Å²) >= 11 is 0. The van der Waals surface area contributed by atoms with Crippen LogP contribution in [0.15, 0.2) is 30.3 Å². The van der Waals surface area contributed by atoms with E-state index in [1.165, 1.54) is 12.1 Å². The molecule has 110 valence electrons. The van der Waals surface area contributed by atoms with Gasteiger partial charge in [0.25, 0.3) is 0 Å². The highest BCUT2D eigenvalue weighted by molar-refractivity contribution is 5.89. The molecule has 20 heavy (non-hydrogen) atoms. The molecule has 1 saturated heterocycles. The average Bonchev–Trinajstić information content (AvgIpc) is 2.48. The third kappa shape index (κ3) is 2.97. The van der Waals surface area contributed by atoms with E-state index in [4.69, 9.17) is 14.6 Å². The number of aliphatic hydroxyl groups is 4. The van der Waals surface area contributed by atoms with Gasteiger partial charge in [0.1, 0.15) is 18.3 Å². The molecule has 0 aliphatic carbocycles. The van der Waals surface area contributed by atoms with Crippen molar-refractivity contribution in [1.29, 1.82) is 0 Å². The molecule has 1 aliphatic rings. The Balaban J connectivity index is 2.11. The van der Waals surface area contributed by atoms with Gasteiger partial charge in [0.2, 0.25) is 0 Å². The monoisotopic (exact) mass is 284 g/mol. The van der Waals surface area contributed by atoms with Crippen LogP contribution in [0.5, 0.6) is 0 Å². The van der Waals surface area contributed by atoms with Crippen molar-refractivity contribution in [2.75, 3.05) is 6.61 Å². The quantitative estimate of drug-likeness (QED) is 0.507. The van der Waals surface area contributed by atoms with Gasteiger partial charge in [0.05, 0.1) is 12.2 Å². The predicted octanol–water partition coefficient (Wildman–Crippen LogP) is -1.36. The Labute approximate surface area is 115 Å². The second-order valence-corrected chi connectivity index (χ2v) is 4.46. The van der Waals surface area contributed by atoms with Gasteiger partial charge in [0.15, 0.2) is 12.4 Å². The molecule has 0 saturated carbocycles. The van der Waals surface area contributed by atoms with E-state index < -0.39 is 43.3 Å². The van der Waals surface area contributed by atoms with Crippen LogP contribution in [0.4, 0.5) is 0 Å². The minimum Gasteiger partial charge on any atom is -0.453 e. The minimum atomic E-state index is -1.65. The SMILES string of the molecule is O=C(O[C@@H]1[C@H](O)[C@@H](O)O[C@H](CO)[C@H]1O)c1ccccc1. The van der Waals surface area contributed by atoms with Crippen molar-refractivity contribution in [1.82, 2.24) is 0 Å². The highest BCUT2D eigenvalue weighted by Crippen LogP contribution is 2.23. The molecular weight excluding hydrogens is 268 g/mol. The van der Waals surface area contributed by atoms with Gasteiger partial charge < -0.3 is 29.9 Å². The first-order valence-electron chi connectivity index (χ1n) is 6.11. The zero-order valence-electron chi connectivity index (χ0n) is 10.5. The van der Waals surface area contributed by atoms with Crippen LogP contribution >= 0.6 is 0 Å². The summed E-state index contributed by atoms with van der Waals surface area (Å²) in [4.78, 5) is 11.9. The fourth-order valence-electron chi connectivity index (χ4n) is 1.97. The first kappa shape index (κ1) is 14.9. The second-order valence-electron chi connectivity index (χ2n) is 4.46. The molecule has 0 bridgehead atoms. The van der Waals surface area contributed by atoms with Gasteiger partial charge in [-0.15, -0.1) is 0 Å². The van der Waals surface area contributed by atoms with Gasteiger partial charge in [-0.2, -0.15) is 0 Å². The van der Waals surface area contributed by atoms with E-state index in [2.05, 4.69) is 0 Å². The topological polar surface area (TPSA) is 116 Å². The number of hydrogen-bond donors (Lipinski definition) is 4. The van der Waals surface area contributed by atoms with Crippen LogP contribution in [0.25, 0.3) is 0 Å². The van der Waals surface area contributed by atoms with Gasteiger partial charge in [-0.1, -0.05) is 18.2 Å². The number of esters is 1. The molecular formula is C13H16O7. The zero-order chi connectivity index (χ0) is 14.7. The lowest BCUT2D eigenvalue weighted by Crippen LogP contribution is -2.59. The molecule has 1 aliphatic heterocycles. The predicted molar refractivity (Wildman–Crippen MR) is 65.6 cm³/mol. The lowest BCUT2D eigenvalue weighted by molar-refractivity contribution is -0.285. The number of carbonyl (C=O) groups is 1. The van der Waals surface area contributed by atoms with Crippen molar-refractivity contribution in [3.63, 3.8) is 0 Å². The van der Waals surface area contributed by atoms with Crippen molar-refractivity contribution >= 4 is 5.97 Å². The van der Waals surface area contributed by atoms with Crippen LogP contribution in [-0.4, -0.2) is 63.7 Å². The van der Waals surface area contributed by atoms with Gasteiger partial charge in [0, 0.05) is 0 Å². The molecule has 0 aromatic heterocycles. The normalized spacial score (nSPS) is 33.7. The van der Waals surface area contributed by atoms with Gasteiger partial charge in [-0.25, -0.2) is 4.79 Å². The lowest BCUT2D eigenvalue weighted by Gasteiger charge is -2.39. The molecule has 1 fully saturated rings. The van der Waals surface area contributed by atoms with Crippen molar-refractivity contribution < 1.29 is 34.7 Å². The Kier molecular flexibility index (Phi) is 4.69. The molecule has 4 N–H and O–H groups in total. The highest BCUT2D eigenvalue weighted by Gasteiger charge is 2.46. The molecule has 0 amide bonds. The average molecular weight is 284 g/mol. The molecule has 0 unspecified atom stereocenters. The van der Waals surface area contributed by atoms with Crippen LogP contribution in [-0.2, 0) is 9.47 Å². The van der Waals surface area contributed by atoms with Gasteiger partial charge in [-0.05, 0) is 12.1 Å². The smallest absolute Gasteiger partial charge is 0.338 e. The fourth-order valence-corrected chi connectivity index (χ4v) is 1.97. The molecule has 2 rings (SSSR count). The summed E-state index contributed by atoms with van der Waals surface area (Å²) < 4.78 is 9.81. The van der Waals surface area contributed by atoms with E-state index in [0.29, 0.717) is 0 Å². The number of ether oxygens (including phenoxy) is 2. The Bertz CT molecular complexity index is 449. The molecule has 0 spiro atoms. The van der Waals surface area contributed by atoms with Gasteiger partial charge in [-0.3, -0.25) is 0 Å². The molecule has 1 heterocycles. The molecule has 5 atom stereocenters. The number of benzene rings is 1. The van der Waals surface area contributed by atoms with Crippen molar-refractivity contribution in [2.45, 2.75) is 30.7 Å². The summed E-state index contributed by atoms with van der Waals surface area (Å²) in [5, 5.41) is 38.1. The standard InChI is InChI=1S/C13H16O7/c14-6-8-9(15)11(10(16)13(18)19-8)20-12(17)7-4-2-1-3-5-7/h1-5,8-11,13-16,18H,6H2/t8-,9-,10+,11+,13+/m1/s1. The van der Waals surface area contributed by atoms with Crippen LogP contribution in [0, 0.1) is 0 Å². The van der Waals surface area contributed by atoms with Crippen molar-refractivity contribution in [3.8, 4) is 0 Å². The number of rotatable bonds is 3. The summed E-state index contributed by atoms with van der Waals surface area (Å²) in [7, 11) is 0. The van der Waals surface area contributed by atoms with E-state index in [9.17, 15) is 20.1 Å². The summed E-state index contributed by atoms with van der Waals surface area (Å²) in [6.45, 7) is -0.579. The highest BCUT2D eigenvalue weighted by atomic mass is 16.7. The molecule has 1 aromatic carbocycles. The van der Waals surface area contributed by atoms with Crippen molar-refractivity contribution in [3.05, 3.63) is 35.9 Å². The maximum absolute atomic E-state index is 11.9. The lowest BCUT2D eigenvalue weighted by atomic mass is 9.99. The number of hydrogen-bond acceptors (Lipinski definition) is 7. The first-order chi connectivity index (χ1) is 9.54.